The van der Waals surface area contributed by atoms with Crippen LogP contribution in [0.3, 0.4) is 0 Å². The van der Waals surface area contributed by atoms with Crippen LogP contribution in [-0.2, 0) is 76.1 Å². The number of aliphatic carboxylic acids is 1. The van der Waals surface area contributed by atoms with Gasteiger partial charge in [-0.05, 0) is 62.3 Å². The predicted molar refractivity (Wildman–Crippen MR) is 249 cm³/mol. The molecule has 4 aliphatic rings. The van der Waals surface area contributed by atoms with Crippen molar-refractivity contribution < 1.29 is 96.5 Å². The molecule has 4 amide bonds. The quantitative estimate of drug-likeness (QED) is 0.0245. The number of carbonyl (C=O) groups excluding carboxylic acids is 5. The molecular formula is C44H75BN7O20. The van der Waals surface area contributed by atoms with Gasteiger partial charge in [0.1, 0.15) is 66.9 Å². The summed E-state index contributed by atoms with van der Waals surface area (Å²) in [4.78, 5) is 83.0. The monoisotopic (exact) mass is 1030 g/mol. The Bertz CT molecular complexity index is 1920. The minimum absolute atomic E-state index is 0.0279. The van der Waals surface area contributed by atoms with Crippen molar-refractivity contribution in [3.8, 4) is 0 Å². The number of esters is 1. The smallest absolute Gasteiger partial charge is 0.394 e. The highest BCUT2D eigenvalue weighted by Crippen LogP contribution is 2.40. The van der Waals surface area contributed by atoms with Crippen molar-refractivity contribution in [1.82, 2.24) is 21.3 Å². The average molecular weight is 1030 g/mol. The van der Waals surface area contributed by atoms with E-state index in [0.717, 1.165) is 21.5 Å². The highest BCUT2D eigenvalue weighted by atomic mass is 16.7. The van der Waals surface area contributed by atoms with E-state index in [2.05, 4.69) is 26.3 Å². The van der Waals surface area contributed by atoms with Crippen molar-refractivity contribution in [2.75, 3.05) is 0 Å². The molecule has 72 heavy (non-hydrogen) atoms. The third-order valence-electron chi connectivity index (χ3n) is 12.2. The molecule has 0 saturated carbocycles. The van der Waals surface area contributed by atoms with Crippen LogP contribution < -0.4 is 32.6 Å². The number of rotatable bonds is 20. The zero-order chi connectivity index (χ0) is 54.3. The second-order valence-electron chi connectivity index (χ2n) is 19.4. The molecule has 28 heteroatoms. The number of amides is 4. The summed E-state index contributed by atoms with van der Waals surface area (Å²) in [7, 11) is 0.861. The normalized spacial score (nSPS) is 37.9. The first-order valence-electron chi connectivity index (χ1n) is 23.8. The zero-order valence-electron chi connectivity index (χ0n) is 42.9. The van der Waals surface area contributed by atoms with Crippen LogP contribution in [0.15, 0.2) is 4.99 Å². The molecule has 4 rings (SSSR count). The first kappa shape index (κ1) is 60.4. The zero-order valence-corrected chi connectivity index (χ0v) is 42.9. The Balaban J connectivity index is 1.84. The summed E-state index contributed by atoms with van der Waals surface area (Å²) in [5, 5.41) is 54.5. The Morgan fingerprint density at radius 2 is 1.21 bits per heavy atom. The molecule has 4 fully saturated rings. The summed E-state index contributed by atoms with van der Waals surface area (Å²) in [6.07, 6.45) is -23.1. The Hall–Kier alpha value is -4.17. The number of aliphatic hydroxyl groups is 3. The molecule has 27 nitrogen and oxygen atoms in total. The van der Waals surface area contributed by atoms with Crippen molar-refractivity contribution in [2.24, 2.45) is 16.4 Å². The van der Waals surface area contributed by atoms with Crippen LogP contribution in [0.25, 0.3) is 0 Å². The molecular weight excluding hydrogens is 957 g/mol. The lowest BCUT2D eigenvalue weighted by Gasteiger charge is -2.53. The summed E-state index contributed by atoms with van der Waals surface area (Å²) in [5.74, 6) is -5.20. The average Bonchev–Trinajstić information content (AvgIpc) is 3.23. The van der Waals surface area contributed by atoms with Gasteiger partial charge in [0.15, 0.2) is 31.1 Å². The van der Waals surface area contributed by atoms with E-state index in [0.29, 0.717) is 0 Å². The van der Waals surface area contributed by atoms with E-state index in [-0.39, 0.29) is 5.84 Å². The van der Waals surface area contributed by atoms with Crippen molar-refractivity contribution >= 4 is 49.0 Å². The maximum Gasteiger partial charge on any atom is 0.394 e. The van der Waals surface area contributed by atoms with Gasteiger partial charge >= 0.3 is 19.6 Å². The molecule has 0 spiro atoms. The molecule has 4 aliphatic heterocycles. The van der Waals surface area contributed by atoms with Crippen molar-refractivity contribution in [1.29, 1.82) is 0 Å². The van der Waals surface area contributed by atoms with Crippen molar-refractivity contribution in [2.45, 2.75) is 237 Å². The predicted octanol–water partition coefficient (Wildman–Crippen LogP) is -3.52. The van der Waals surface area contributed by atoms with E-state index < -0.39 is 182 Å². The van der Waals surface area contributed by atoms with Crippen LogP contribution >= 0.6 is 0 Å². The van der Waals surface area contributed by atoms with Gasteiger partial charge < -0.3 is 100 Å². The van der Waals surface area contributed by atoms with Gasteiger partial charge in [0, 0.05) is 27.7 Å². The van der Waals surface area contributed by atoms with Gasteiger partial charge in [-0.25, -0.2) is 4.79 Å². The second-order valence-corrected chi connectivity index (χ2v) is 19.4. The lowest BCUT2D eigenvalue weighted by Crippen LogP contribution is -2.74. The third-order valence-corrected chi connectivity index (χ3v) is 12.2. The van der Waals surface area contributed by atoms with E-state index in [9.17, 15) is 49.2 Å². The van der Waals surface area contributed by atoms with Crippen LogP contribution in [0, 0.1) is 0 Å². The highest BCUT2D eigenvalue weighted by molar-refractivity contribution is 6.22. The fourth-order valence-corrected chi connectivity index (χ4v) is 9.36. The van der Waals surface area contributed by atoms with E-state index in [4.69, 9.17) is 58.7 Å². The number of carboxylic acids is 1. The molecule has 0 aromatic rings. The minimum Gasteiger partial charge on any atom is -0.479 e. The van der Waals surface area contributed by atoms with Gasteiger partial charge in [0.25, 0.3) is 0 Å². The molecule has 0 aliphatic carbocycles. The number of ether oxygens (including phenoxy) is 9. The van der Waals surface area contributed by atoms with Gasteiger partial charge in [-0.2, -0.15) is 0 Å². The summed E-state index contributed by atoms with van der Waals surface area (Å²) in [6, 6.07) is -6.93. The van der Waals surface area contributed by atoms with Crippen molar-refractivity contribution in [3.05, 3.63) is 0 Å². The minimum atomic E-state index is -2.09. The summed E-state index contributed by atoms with van der Waals surface area (Å²) in [6.45, 7) is 18.6. The second kappa shape index (κ2) is 25.9. The number of carboxylic acid groups (broad SMARTS) is 1. The molecule has 0 bridgehead atoms. The number of carbonyl (C=O) groups is 6. The van der Waals surface area contributed by atoms with Gasteiger partial charge in [0.05, 0.1) is 54.4 Å². The molecule has 1 radical (unpaired) electrons. The number of aliphatic imine (C=N–C) groups is 1. The van der Waals surface area contributed by atoms with E-state index >= 15 is 0 Å². The van der Waals surface area contributed by atoms with Gasteiger partial charge in [-0.15, -0.1) is 0 Å². The summed E-state index contributed by atoms with van der Waals surface area (Å²) >= 11 is 0. The van der Waals surface area contributed by atoms with Crippen LogP contribution in [0.5, 0.6) is 0 Å². The summed E-state index contributed by atoms with van der Waals surface area (Å²) in [5.41, 5.74) is 10.2. The third kappa shape index (κ3) is 15.5. The van der Waals surface area contributed by atoms with Crippen LogP contribution in [-0.4, -0.2) is 210 Å². The number of hydrogen-bond donors (Lipinski definition) is 10. The number of aliphatic hydroxyl groups excluding tert-OH is 3. The number of nitrogens with zero attached hydrogens (tertiary/aromatic N) is 1. The molecule has 12 N–H and O–H groups in total. The highest BCUT2D eigenvalue weighted by Gasteiger charge is 2.59. The van der Waals surface area contributed by atoms with E-state index in [1.54, 1.807) is 34.6 Å². The Morgan fingerprint density at radius 3 is 1.71 bits per heavy atom. The number of amidine groups is 1. The molecule has 20 unspecified atom stereocenters. The maximum absolute atomic E-state index is 13.7. The number of nitrogens with one attached hydrogen (secondary N) is 4. The first-order valence-corrected chi connectivity index (χ1v) is 23.8. The number of hydrogen-bond acceptors (Lipinski definition) is 21. The van der Waals surface area contributed by atoms with Gasteiger partial charge in [-0.3, -0.25) is 29.0 Å². The van der Waals surface area contributed by atoms with E-state index in [1.807, 2.05) is 0 Å². The Labute approximate surface area is 419 Å². The fourth-order valence-electron chi connectivity index (χ4n) is 9.36. The Kier molecular flexibility index (Phi) is 21.7. The van der Waals surface area contributed by atoms with Crippen LogP contribution in [0.4, 0.5) is 0 Å². The number of nitrogens with two attached hydrogens (primary N) is 2. The fraction of sp³-hybridized carbons (Fsp3) is 0.841. The molecule has 0 aromatic carbocycles. The SMILES string of the molecule is CC(=O)NC1C(OC2C(C)OC(C(C)(C)OC3C(O)C(C)OC(O[B]N)C3NC(C)=O)C(N=C(C)N)C2OC(C)=O)OC(C(=O)O)C(OC2OC(C)C(O)C(OC(C)C)C2NC(C)=O)C1NC(=O)C[C@@H](C)O. The lowest BCUT2D eigenvalue weighted by atomic mass is 9.84. The van der Waals surface area contributed by atoms with E-state index in [1.165, 1.54) is 41.5 Å². The standard InChI is InChI=1S/C44H75BN7O20/c1-15(2)63-34-29(50-22(9)55)42(65-17(4)31(34)59)69-36-26(52-25(58)14-16(3)53)27(49-21(8)54)41(70-38(36)40(61)62)68-33-19(6)64-39(28(48-20(7)46)37(33)67-24(11)57)44(12,13)71-35-30(51-23(10)56)43(72-45-47)66-18(5)32(35)60/h15-19,26-39,41-43,53,59-60H,14,47H2,1-13H3,(H2,46,48)(H,49,54)(H,50,55)(H,51,56)(H,52,58)(H,61,62)/t16-,17?,18?,19?,26?,27?,28?,29?,30?,31?,32?,33?,34?,35?,36?,37?,38?,39?,41?,42?,43?/m1/s1. The van der Waals surface area contributed by atoms with Crippen LogP contribution in [0.1, 0.15) is 96.4 Å². The lowest BCUT2D eigenvalue weighted by molar-refractivity contribution is -0.333. The molecule has 21 atom stereocenters. The first-order chi connectivity index (χ1) is 33.5. The Morgan fingerprint density at radius 1 is 0.694 bits per heavy atom. The van der Waals surface area contributed by atoms with Gasteiger partial charge in [0.2, 0.25) is 23.6 Å². The molecule has 4 heterocycles. The molecule has 4 saturated heterocycles. The topological polar surface area (TPSA) is 388 Å². The molecule has 409 valence electrons. The summed E-state index contributed by atoms with van der Waals surface area (Å²) < 4.78 is 61.8. The maximum atomic E-state index is 13.7. The van der Waals surface area contributed by atoms with Crippen LogP contribution in [0.2, 0.25) is 0 Å². The molecule has 0 aromatic heterocycles. The van der Waals surface area contributed by atoms with Gasteiger partial charge in [-0.1, -0.05) is 0 Å². The largest absolute Gasteiger partial charge is 0.479 e. The van der Waals surface area contributed by atoms with Crippen molar-refractivity contribution in [3.63, 3.8) is 0 Å².